The Labute approximate surface area is 208 Å². The highest BCUT2D eigenvalue weighted by molar-refractivity contribution is 5.94. The summed E-state index contributed by atoms with van der Waals surface area (Å²) in [5.74, 6) is 0.475. The van der Waals surface area contributed by atoms with E-state index in [2.05, 4.69) is 10.4 Å². The Bertz CT molecular complexity index is 1270. The van der Waals surface area contributed by atoms with Crippen molar-refractivity contribution >= 4 is 17.5 Å². The molecule has 1 N–H and O–H groups in total. The predicted molar refractivity (Wildman–Crippen MR) is 132 cm³/mol. The summed E-state index contributed by atoms with van der Waals surface area (Å²) >= 11 is 0. The van der Waals surface area contributed by atoms with Crippen LogP contribution in [0.1, 0.15) is 32.9 Å². The van der Waals surface area contributed by atoms with Crippen molar-refractivity contribution in [3.63, 3.8) is 0 Å². The van der Waals surface area contributed by atoms with Crippen LogP contribution in [0.15, 0.2) is 42.5 Å². The van der Waals surface area contributed by atoms with Gasteiger partial charge in [-0.25, -0.2) is 0 Å². The number of carbonyl (C=O) groups excluding carboxylic acids is 2. The van der Waals surface area contributed by atoms with E-state index in [9.17, 15) is 19.7 Å². The van der Waals surface area contributed by atoms with Crippen molar-refractivity contribution in [1.82, 2.24) is 20.0 Å². The molecule has 0 unspecified atom stereocenters. The van der Waals surface area contributed by atoms with Crippen LogP contribution < -0.4 is 14.8 Å². The SMILES string of the molecule is COc1cc(CNC(=O)c2ccc(Cn3nc(C)c([N+](=O)[O-])c3C)cc2)ccc1OCC(=O)N(C)C. The third-order valence-electron chi connectivity index (χ3n) is 5.61. The second-order valence-electron chi connectivity index (χ2n) is 8.38. The van der Waals surface area contributed by atoms with Gasteiger partial charge in [-0.1, -0.05) is 18.2 Å². The van der Waals surface area contributed by atoms with E-state index in [0.29, 0.717) is 35.0 Å². The Morgan fingerprint density at radius 1 is 1.08 bits per heavy atom. The number of nitrogens with zero attached hydrogens (tertiary/aromatic N) is 4. The first-order valence-electron chi connectivity index (χ1n) is 11.2. The number of hydrogen-bond donors (Lipinski definition) is 1. The van der Waals surface area contributed by atoms with E-state index in [1.165, 1.54) is 12.0 Å². The largest absolute Gasteiger partial charge is 0.493 e. The van der Waals surface area contributed by atoms with Crippen LogP contribution in [0.25, 0.3) is 0 Å². The molecule has 0 atom stereocenters. The Hall–Kier alpha value is -4.41. The fourth-order valence-electron chi connectivity index (χ4n) is 3.53. The summed E-state index contributed by atoms with van der Waals surface area (Å²) < 4.78 is 12.5. The highest BCUT2D eigenvalue weighted by Gasteiger charge is 2.21. The van der Waals surface area contributed by atoms with Crippen LogP contribution in [0.3, 0.4) is 0 Å². The molecule has 0 saturated carbocycles. The topological polar surface area (TPSA) is 129 Å². The summed E-state index contributed by atoms with van der Waals surface area (Å²) in [4.78, 5) is 36.6. The molecule has 0 fully saturated rings. The fraction of sp³-hybridized carbons (Fsp3) is 0.320. The molecular formula is C25H29N5O6. The van der Waals surface area contributed by atoms with Crippen LogP contribution in [0, 0.1) is 24.0 Å². The summed E-state index contributed by atoms with van der Waals surface area (Å²) in [6.07, 6.45) is 0. The number of carbonyl (C=O) groups is 2. The first kappa shape index (κ1) is 26.2. The molecule has 36 heavy (non-hydrogen) atoms. The average molecular weight is 496 g/mol. The van der Waals surface area contributed by atoms with Crippen LogP contribution in [0.4, 0.5) is 5.69 Å². The maximum Gasteiger partial charge on any atom is 0.312 e. The predicted octanol–water partition coefficient (Wildman–Crippen LogP) is 2.86. The maximum atomic E-state index is 12.6. The second-order valence-corrected chi connectivity index (χ2v) is 8.38. The van der Waals surface area contributed by atoms with Gasteiger partial charge in [0.25, 0.3) is 11.8 Å². The maximum absolute atomic E-state index is 12.6. The van der Waals surface area contributed by atoms with Gasteiger partial charge in [0, 0.05) is 26.2 Å². The second kappa shape index (κ2) is 11.3. The molecule has 11 heteroatoms. The number of methoxy groups -OCH3 is 1. The number of nitrogens with one attached hydrogen (secondary N) is 1. The lowest BCUT2D eigenvalue weighted by molar-refractivity contribution is -0.386. The highest BCUT2D eigenvalue weighted by Crippen LogP contribution is 2.28. The summed E-state index contributed by atoms with van der Waals surface area (Å²) in [6.45, 7) is 3.79. The van der Waals surface area contributed by atoms with Crippen molar-refractivity contribution in [2.75, 3.05) is 27.8 Å². The monoisotopic (exact) mass is 495 g/mol. The molecule has 1 heterocycles. The summed E-state index contributed by atoms with van der Waals surface area (Å²) in [5.41, 5.74) is 3.01. The number of benzene rings is 2. The molecule has 11 nitrogen and oxygen atoms in total. The molecule has 190 valence electrons. The number of amides is 2. The first-order valence-corrected chi connectivity index (χ1v) is 11.2. The van der Waals surface area contributed by atoms with Gasteiger partial charge in [-0.15, -0.1) is 0 Å². The molecule has 0 saturated heterocycles. The third-order valence-corrected chi connectivity index (χ3v) is 5.61. The van der Waals surface area contributed by atoms with Gasteiger partial charge in [0.2, 0.25) is 0 Å². The summed E-state index contributed by atoms with van der Waals surface area (Å²) in [5, 5.41) is 18.3. The van der Waals surface area contributed by atoms with Crippen LogP contribution in [0.2, 0.25) is 0 Å². The lowest BCUT2D eigenvalue weighted by Gasteiger charge is -2.14. The molecule has 0 aliphatic carbocycles. The Morgan fingerprint density at radius 2 is 1.75 bits per heavy atom. The minimum atomic E-state index is -0.427. The number of hydrogen-bond acceptors (Lipinski definition) is 7. The normalized spacial score (nSPS) is 10.6. The van der Waals surface area contributed by atoms with Crippen molar-refractivity contribution in [1.29, 1.82) is 0 Å². The lowest BCUT2D eigenvalue weighted by atomic mass is 10.1. The molecule has 0 aliphatic rings. The van der Waals surface area contributed by atoms with Crippen molar-refractivity contribution in [2.45, 2.75) is 26.9 Å². The number of likely N-dealkylation sites (N-methyl/N-ethyl adjacent to an activating group) is 1. The average Bonchev–Trinajstić information content (AvgIpc) is 3.13. The Kier molecular flexibility index (Phi) is 8.26. The van der Waals surface area contributed by atoms with Gasteiger partial charge in [0.05, 0.1) is 18.6 Å². The van der Waals surface area contributed by atoms with Gasteiger partial charge in [0.15, 0.2) is 18.1 Å². The van der Waals surface area contributed by atoms with E-state index in [-0.39, 0.29) is 30.7 Å². The Morgan fingerprint density at radius 3 is 2.33 bits per heavy atom. The van der Waals surface area contributed by atoms with Crippen LogP contribution in [-0.2, 0) is 17.9 Å². The van der Waals surface area contributed by atoms with Gasteiger partial charge >= 0.3 is 5.69 Å². The first-order chi connectivity index (χ1) is 17.1. The van der Waals surface area contributed by atoms with E-state index in [0.717, 1.165) is 11.1 Å². The summed E-state index contributed by atoms with van der Waals surface area (Å²) in [7, 11) is 4.80. The van der Waals surface area contributed by atoms with Gasteiger partial charge in [0.1, 0.15) is 11.4 Å². The van der Waals surface area contributed by atoms with Crippen molar-refractivity contribution < 1.29 is 24.0 Å². The molecule has 3 rings (SSSR count). The fourth-order valence-corrected chi connectivity index (χ4v) is 3.53. The van der Waals surface area contributed by atoms with E-state index < -0.39 is 4.92 Å². The molecule has 1 aromatic heterocycles. The zero-order valence-electron chi connectivity index (χ0n) is 20.9. The van der Waals surface area contributed by atoms with E-state index in [1.807, 2.05) is 0 Å². The number of aryl methyl sites for hydroxylation is 1. The van der Waals surface area contributed by atoms with Crippen LogP contribution in [-0.4, -0.2) is 59.2 Å². The van der Waals surface area contributed by atoms with Gasteiger partial charge in [-0.2, -0.15) is 5.10 Å². The van der Waals surface area contributed by atoms with E-state index in [1.54, 1.807) is 75.1 Å². The molecule has 2 aromatic carbocycles. The number of aromatic nitrogens is 2. The van der Waals surface area contributed by atoms with Crippen molar-refractivity contribution in [3.05, 3.63) is 80.7 Å². The summed E-state index contributed by atoms with van der Waals surface area (Å²) in [6, 6.07) is 12.2. The molecule has 2 amide bonds. The standard InChI is InChI=1S/C25H29N5O6/c1-16-24(30(33)34)17(2)29(27-16)14-18-6-9-20(10-7-18)25(32)26-13-19-8-11-21(22(12-19)35-5)36-15-23(31)28(3)4/h6-12H,13-15H2,1-5H3,(H,26,32). The lowest BCUT2D eigenvalue weighted by Crippen LogP contribution is -2.27. The minimum absolute atomic E-state index is 0.0178. The number of ether oxygens (including phenoxy) is 2. The van der Waals surface area contributed by atoms with Crippen molar-refractivity contribution in [2.24, 2.45) is 0 Å². The molecule has 0 radical (unpaired) electrons. The van der Waals surface area contributed by atoms with Crippen molar-refractivity contribution in [3.8, 4) is 11.5 Å². The van der Waals surface area contributed by atoms with E-state index >= 15 is 0 Å². The quantitative estimate of drug-likeness (QED) is 0.338. The zero-order chi connectivity index (χ0) is 26.4. The smallest absolute Gasteiger partial charge is 0.312 e. The highest BCUT2D eigenvalue weighted by atomic mass is 16.6. The zero-order valence-corrected chi connectivity index (χ0v) is 20.9. The van der Waals surface area contributed by atoms with E-state index in [4.69, 9.17) is 9.47 Å². The number of nitro groups is 1. The van der Waals surface area contributed by atoms with Crippen LogP contribution >= 0.6 is 0 Å². The van der Waals surface area contributed by atoms with Gasteiger partial charge in [-0.05, 0) is 49.2 Å². The molecule has 0 spiro atoms. The number of rotatable bonds is 10. The third kappa shape index (κ3) is 6.17. The molecule has 0 bridgehead atoms. The molecular weight excluding hydrogens is 466 g/mol. The Balaban J connectivity index is 1.60. The minimum Gasteiger partial charge on any atom is -0.493 e. The molecule has 0 aliphatic heterocycles. The van der Waals surface area contributed by atoms with Gasteiger partial charge in [-0.3, -0.25) is 24.4 Å². The van der Waals surface area contributed by atoms with Gasteiger partial charge < -0.3 is 19.7 Å². The molecule has 3 aromatic rings. The van der Waals surface area contributed by atoms with Crippen LogP contribution in [0.5, 0.6) is 11.5 Å².